The zero-order valence-electron chi connectivity index (χ0n) is 10.0. The monoisotopic (exact) mass is 239 g/mol. The van der Waals surface area contributed by atoms with E-state index in [4.69, 9.17) is 5.41 Å². The van der Waals surface area contributed by atoms with Gasteiger partial charge in [0.05, 0.1) is 19.2 Å². The number of aromatic nitrogens is 4. The Hall–Kier alpha value is -2.43. The van der Waals surface area contributed by atoms with Crippen molar-refractivity contribution in [2.24, 2.45) is 7.05 Å². The fraction of sp³-hybridized carbons (Fsp3) is 0.154. The van der Waals surface area contributed by atoms with Crippen molar-refractivity contribution >= 4 is 11.2 Å². The lowest BCUT2D eigenvalue weighted by atomic mass is 10.2. The van der Waals surface area contributed by atoms with Crippen LogP contribution in [-0.2, 0) is 13.6 Å². The average Bonchev–Trinajstić information content (AvgIpc) is 2.80. The number of aryl methyl sites for hydroxylation is 1. The Labute approximate surface area is 104 Å². The summed E-state index contributed by atoms with van der Waals surface area (Å²) in [6, 6.07) is 10.2. The van der Waals surface area contributed by atoms with Gasteiger partial charge in [0.25, 0.3) is 0 Å². The molecule has 18 heavy (non-hydrogen) atoms. The van der Waals surface area contributed by atoms with E-state index >= 15 is 0 Å². The molecule has 0 spiro atoms. The van der Waals surface area contributed by atoms with Crippen molar-refractivity contribution < 1.29 is 0 Å². The lowest BCUT2D eigenvalue weighted by Crippen LogP contribution is -2.12. The fourth-order valence-corrected chi connectivity index (χ4v) is 2.07. The molecule has 1 aromatic carbocycles. The first-order valence-corrected chi connectivity index (χ1v) is 5.70. The molecule has 0 unspecified atom stereocenters. The van der Waals surface area contributed by atoms with Crippen LogP contribution in [0.1, 0.15) is 5.56 Å². The molecule has 0 bridgehead atoms. The van der Waals surface area contributed by atoms with Crippen molar-refractivity contribution in [3.8, 4) is 0 Å². The molecule has 0 fully saturated rings. The molecule has 90 valence electrons. The molecule has 5 heteroatoms. The molecule has 0 amide bonds. The summed E-state index contributed by atoms with van der Waals surface area (Å²) in [4.78, 5) is 8.25. The van der Waals surface area contributed by atoms with E-state index in [1.165, 1.54) is 5.56 Å². The third-order valence-electron chi connectivity index (χ3n) is 2.92. The molecule has 2 heterocycles. The van der Waals surface area contributed by atoms with Crippen LogP contribution in [0.2, 0.25) is 0 Å². The first kappa shape index (κ1) is 10.7. The maximum Gasteiger partial charge on any atom is 0.176 e. The highest BCUT2D eigenvalue weighted by molar-refractivity contribution is 5.69. The number of fused-ring (bicyclic) bond motifs is 1. The number of imidazole rings is 1. The van der Waals surface area contributed by atoms with Crippen LogP contribution >= 0.6 is 0 Å². The van der Waals surface area contributed by atoms with E-state index in [0.717, 1.165) is 12.2 Å². The number of benzene rings is 1. The second kappa shape index (κ2) is 4.10. The number of nitrogens with one attached hydrogen (secondary N) is 1. The van der Waals surface area contributed by atoms with Crippen molar-refractivity contribution in [2.45, 2.75) is 6.54 Å². The molecule has 0 atom stereocenters. The third kappa shape index (κ3) is 1.69. The highest BCUT2D eigenvalue weighted by Gasteiger charge is 2.07. The van der Waals surface area contributed by atoms with Gasteiger partial charge in [0.15, 0.2) is 5.49 Å². The molecular weight excluding hydrogens is 226 g/mol. The van der Waals surface area contributed by atoms with Gasteiger partial charge in [-0.15, -0.1) is 0 Å². The van der Waals surface area contributed by atoms with E-state index < -0.39 is 0 Å². The standard InChI is InChI=1S/C13H13N5/c1-17-8-16-12(14)11-13(17)18(9-15-11)7-10-5-3-2-4-6-10/h2-6,8-9,14H,7H2,1H3. The van der Waals surface area contributed by atoms with Crippen LogP contribution in [-0.4, -0.2) is 19.1 Å². The summed E-state index contributed by atoms with van der Waals surface area (Å²) < 4.78 is 3.92. The van der Waals surface area contributed by atoms with Gasteiger partial charge in [-0.1, -0.05) is 30.3 Å². The molecule has 3 aromatic rings. The summed E-state index contributed by atoms with van der Waals surface area (Å²) in [7, 11) is 1.91. The van der Waals surface area contributed by atoms with Gasteiger partial charge in [0.2, 0.25) is 0 Å². The number of nitrogens with zero attached hydrogens (tertiary/aromatic N) is 4. The molecule has 0 saturated carbocycles. The molecule has 0 aliphatic rings. The zero-order valence-corrected chi connectivity index (χ0v) is 10.0. The summed E-state index contributed by atoms with van der Waals surface area (Å²) in [6.45, 7) is 0.745. The first-order chi connectivity index (χ1) is 8.75. The summed E-state index contributed by atoms with van der Waals surface area (Å²) in [6.07, 6.45) is 3.41. The Bertz CT molecular complexity index is 739. The molecule has 0 aliphatic heterocycles. The van der Waals surface area contributed by atoms with Crippen molar-refractivity contribution in [1.29, 1.82) is 5.41 Å². The normalized spacial score (nSPS) is 10.9. The Morgan fingerprint density at radius 1 is 1.11 bits per heavy atom. The van der Waals surface area contributed by atoms with Crippen LogP contribution in [0.3, 0.4) is 0 Å². The third-order valence-corrected chi connectivity index (χ3v) is 2.92. The second-order valence-electron chi connectivity index (χ2n) is 4.23. The van der Waals surface area contributed by atoms with E-state index in [1.807, 2.05) is 34.4 Å². The second-order valence-corrected chi connectivity index (χ2v) is 4.23. The molecule has 5 nitrogen and oxygen atoms in total. The minimum Gasteiger partial charge on any atom is -0.320 e. The predicted molar refractivity (Wildman–Crippen MR) is 67.9 cm³/mol. The van der Waals surface area contributed by atoms with Gasteiger partial charge in [-0.25, -0.2) is 9.97 Å². The Morgan fingerprint density at radius 2 is 1.89 bits per heavy atom. The SMILES string of the molecule is Cn1cnc(=N)c2ncn(Cc3ccccc3)c21. The molecule has 0 radical (unpaired) electrons. The number of hydrogen-bond donors (Lipinski definition) is 1. The molecule has 3 rings (SSSR count). The Balaban J connectivity index is 2.14. The van der Waals surface area contributed by atoms with Crippen LogP contribution < -0.4 is 5.49 Å². The van der Waals surface area contributed by atoms with Gasteiger partial charge in [0, 0.05) is 7.05 Å². The van der Waals surface area contributed by atoms with Crippen molar-refractivity contribution in [3.63, 3.8) is 0 Å². The Morgan fingerprint density at radius 3 is 2.67 bits per heavy atom. The van der Waals surface area contributed by atoms with Gasteiger partial charge in [0.1, 0.15) is 11.2 Å². The largest absolute Gasteiger partial charge is 0.320 e. The quantitative estimate of drug-likeness (QED) is 0.732. The average molecular weight is 239 g/mol. The topological polar surface area (TPSA) is 59.5 Å². The Kier molecular flexibility index (Phi) is 2.44. The minimum absolute atomic E-state index is 0.218. The molecule has 1 N–H and O–H groups in total. The van der Waals surface area contributed by atoms with E-state index in [1.54, 1.807) is 12.7 Å². The molecule has 2 aromatic heterocycles. The highest BCUT2D eigenvalue weighted by atomic mass is 15.2. The minimum atomic E-state index is 0.218. The fourth-order valence-electron chi connectivity index (χ4n) is 2.07. The van der Waals surface area contributed by atoms with Crippen molar-refractivity contribution in [3.05, 3.63) is 54.0 Å². The lowest BCUT2D eigenvalue weighted by Gasteiger charge is -2.07. The summed E-state index contributed by atoms with van der Waals surface area (Å²) in [5.41, 5.74) is 2.98. The predicted octanol–water partition coefficient (Wildman–Crippen LogP) is 1.30. The number of rotatable bonds is 2. The van der Waals surface area contributed by atoms with Crippen LogP contribution in [0.25, 0.3) is 11.2 Å². The van der Waals surface area contributed by atoms with E-state index in [0.29, 0.717) is 5.52 Å². The smallest absolute Gasteiger partial charge is 0.176 e. The van der Waals surface area contributed by atoms with Crippen LogP contribution in [0.4, 0.5) is 0 Å². The van der Waals surface area contributed by atoms with E-state index in [-0.39, 0.29) is 5.49 Å². The van der Waals surface area contributed by atoms with Crippen LogP contribution in [0, 0.1) is 5.41 Å². The van der Waals surface area contributed by atoms with Gasteiger partial charge >= 0.3 is 0 Å². The molecular formula is C13H13N5. The summed E-state index contributed by atoms with van der Waals surface area (Å²) >= 11 is 0. The maximum atomic E-state index is 7.75. The van der Waals surface area contributed by atoms with Crippen LogP contribution in [0.5, 0.6) is 0 Å². The van der Waals surface area contributed by atoms with Gasteiger partial charge in [-0.3, -0.25) is 5.41 Å². The maximum absolute atomic E-state index is 7.75. The van der Waals surface area contributed by atoms with E-state index in [2.05, 4.69) is 22.1 Å². The van der Waals surface area contributed by atoms with E-state index in [9.17, 15) is 0 Å². The number of hydrogen-bond acceptors (Lipinski definition) is 3. The lowest BCUT2D eigenvalue weighted by molar-refractivity contribution is 0.770. The van der Waals surface area contributed by atoms with Gasteiger partial charge in [-0.05, 0) is 5.56 Å². The first-order valence-electron chi connectivity index (χ1n) is 5.70. The van der Waals surface area contributed by atoms with Gasteiger partial charge < -0.3 is 9.13 Å². The van der Waals surface area contributed by atoms with Crippen molar-refractivity contribution in [2.75, 3.05) is 0 Å². The summed E-state index contributed by atoms with van der Waals surface area (Å²) in [5.74, 6) is 0. The molecule has 0 saturated heterocycles. The van der Waals surface area contributed by atoms with Crippen LogP contribution in [0.15, 0.2) is 43.0 Å². The van der Waals surface area contributed by atoms with Crippen molar-refractivity contribution in [1.82, 2.24) is 19.1 Å². The summed E-state index contributed by atoms with van der Waals surface area (Å²) in [5, 5.41) is 7.75. The molecule has 0 aliphatic carbocycles. The highest BCUT2D eigenvalue weighted by Crippen LogP contribution is 2.10. The van der Waals surface area contributed by atoms with Gasteiger partial charge in [-0.2, -0.15) is 0 Å². The zero-order chi connectivity index (χ0) is 12.5.